The zero-order valence-electron chi connectivity index (χ0n) is 12.4. The molecule has 0 bridgehead atoms. The minimum absolute atomic E-state index is 0.00637. The Kier molecular flexibility index (Phi) is 5.25. The van der Waals surface area contributed by atoms with Crippen LogP contribution in [-0.4, -0.2) is 22.9 Å². The van der Waals surface area contributed by atoms with Crippen LogP contribution in [0.5, 0.6) is 0 Å². The second kappa shape index (κ2) is 7.55. The monoisotopic (exact) mass is 327 g/mol. The molecule has 122 valence electrons. The largest absolute Gasteiger partial charge is 0.383 e. The number of hydrogen-bond acceptors (Lipinski definition) is 7. The van der Waals surface area contributed by atoms with E-state index in [0.717, 1.165) is 0 Å². The van der Waals surface area contributed by atoms with Crippen molar-refractivity contribution >= 4 is 22.7 Å². The van der Waals surface area contributed by atoms with Crippen molar-refractivity contribution in [1.29, 1.82) is 5.26 Å². The van der Waals surface area contributed by atoms with E-state index in [4.69, 9.17) is 5.26 Å². The molecule has 0 aliphatic rings. The summed E-state index contributed by atoms with van der Waals surface area (Å²) in [6.45, 7) is 0.846. The van der Waals surface area contributed by atoms with Gasteiger partial charge in [-0.3, -0.25) is 20.2 Å². The summed E-state index contributed by atoms with van der Waals surface area (Å²) in [5.74, 6) is 0. The Bertz CT molecular complexity index is 799. The maximum atomic E-state index is 11.0. The van der Waals surface area contributed by atoms with Crippen molar-refractivity contribution in [1.82, 2.24) is 0 Å². The number of rotatable bonds is 7. The van der Waals surface area contributed by atoms with E-state index >= 15 is 0 Å². The maximum Gasteiger partial charge on any atom is 0.293 e. The van der Waals surface area contributed by atoms with Crippen LogP contribution in [-0.2, 0) is 0 Å². The molecule has 0 aliphatic heterocycles. The number of hydrogen-bond donors (Lipinski definition) is 2. The van der Waals surface area contributed by atoms with Crippen LogP contribution in [0.2, 0.25) is 0 Å². The SMILES string of the molecule is N#Cc1ccc(NCCNc2ccc([N+](=O)[O-])cc2)c([N+](=O)[O-])c1. The summed E-state index contributed by atoms with van der Waals surface area (Å²) in [6, 6.07) is 12.0. The standard InChI is InChI=1S/C15H13N5O4/c16-10-11-1-6-14(15(9-11)20(23)24)18-8-7-17-12-2-4-13(5-3-12)19(21)22/h1-6,9,17-18H,7-8H2. The molecule has 0 atom stereocenters. The lowest BCUT2D eigenvalue weighted by Crippen LogP contribution is -2.14. The summed E-state index contributed by atoms with van der Waals surface area (Å²) in [5, 5.41) is 36.3. The number of nitro groups is 2. The summed E-state index contributed by atoms with van der Waals surface area (Å²) in [5.41, 5.74) is 1.09. The number of non-ortho nitro benzene ring substituents is 1. The van der Waals surface area contributed by atoms with Gasteiger partial charge in [-0.2, -0.15) is 5.26 Å². The lowest BCUT2D eigenvalue weighted by atomic mass is 10.2. The van der Waals surface area contributed by atoms with E-state index in [2.05, 4.69) is 10.6 Å². The zero-order chi connectivity index (χ0) is 17.5. The second-order valence-electron chi connectivity index (χ2n) is 4.76. The van der Waals surface area contributed by atoms with Crippen LogP contribution < -0.4 is 10.6 Å². The predicted molar refractivity (Wildman–Crippen MR) is 87.9 cm³/mol. The van der Waals surface area contributed by atoms with Gasteiger partial charge in [0.2, 0.25) is 0 Å². The van der Waals surface area contributed by atoms with Gasteiger partial charge >= 0.3 is 0 Å². The summed E-state index contributed by atoms with van der Waals surface area (Å²) in [6.07, 6.45) is 0. The van der Waals surface area contributed by atoms with Crippen LogP contribution in [0.25, 0.3) is 0 Å². The van der Waals surface area contributed by atoms with E-state index in [0.29, 0.717) is 24.5 Å². The molecule has 0 aliphatic carbocycles. The Morgan fingerprint density at radius 1 is 0.958 bits per heavy atom. The van der Waals surface area contributed by atoms with Crippen LogP contribution in [0.3, 0.4) is 0 Å². The average molecular weight is 327 g/mol. The van der Waals surface area contributed by atoms with Crippen molar-refractivity contribution in [2.75, 3.05) is 23.7 Å². The van der Waals surface area contributed by atoms with E-state index in [-0.39, 0.29) is 16.9 Å². The molecule has 0 fully saturated rings. The zero-order valence-corrected chi connectivity index (χ0v) is 12.4. The first kappa shape index (κ1) is 16.7. The molecule has 0 heterocycles. The Morgan fingerprint density at radius 3 is 2.21 bits per heavy atom. The van der Waals surface area contributed by atoms with E-state index in [1.165, 1.54) is 30.3 Å². The molecule has 2 N–H and O–H groups in total. The molecule has 0 saturated carbocycles. The number of benzene rings is 2. The highest BCUT2D eigenvalue weighted by Gasteiger charge is 2.14. The van der Waals surface area contributed by atoms with Crippen molar-refractivity contribution in [3.05, 3.63) is 68.3 Å². The lowest BCUT2D eigenvalue weighted by molar-refractivity contribution is -0.384. The van der Waals surface area contributed by atoms with Gasteiger partial charge < -0.3 is 10.6 Å². The molecule has 2 rings (SSSR count). The molecule has 0 saturated heterocycles. The fourth-order valence-electron chi connectivity index (χ4n) is 2.01. The van der Waals surface area contributed by atoms with Crippen molar-refractivity contribution in [3.63, 3.8) is 0 Å². The van der Waals surface area contributed by atoms with Gasteiger partial charge in [-0.1, -0.05) is 0 Å². The minimum atomic E-state index is -0.549. The van der Waals surface area contributed by atoms with Crippen LogP contribution in [0, 0.1) is 31.6 Å². The van der Waals surface area contributed by atoms with Gasteiger partial charge in [0.05, 0.1) is 21.5 Å². The van der Waals surface area contributed by atoms with E-state index in [9.17, 15) is 20.2 Å². The summed E-state index contributed by atoms with van der Waals surface area (Å²) < 4.78 is 0. The molecule has 2 aromatic carbocycles. The van der Waals surface area contributed by atoms with E-state index in [1.807, 2.05) is 6.07 Å². The molecular weight excluding hydrogens is 314 g/mol. The average Bonchev–Trinajstić information content (AvgIpc) is 2.59. The second-order valence-corrected chi connectivity index (χ2v) is 4.76. The first-order valence-electron chi connectivity index (χ1n) is 6.92. The van der Waals surface area contributed by atoms with Gasteiger partial charge in [-0.25, -0.2) is 0 Å². The normalized spacial score (nSPS) is 9.79. The Morgan fingerprint density at radius 2 is 1.62 bits per heavy atom. The molecule has 2 aromatic rings. The fraction of sp³-hybridized carbons (Fsp3) is 0.133. The number of anilines is 2. The Hall–Kier alpha value is -3.67. The highest BCUT2D eigenvalue weighted by atomic mass is 16.6. The molecule has 24 heavy (non-hydrogen) atoms. The number of nitrogens with zero attached hydrogens (tertiary/aromatic N) is 3. The Labute approximate surface area is 136 Å². The van der Waals surface area contributed by atoms with Crippen molar-refractivity contribution in [2.24, 2.45) is 0 Å². The number of nitriles is 1. The third-order valence-corrected chi connectivity index (χ3v) is 3.17. The molecule has 9 heteroatoms. The molecule has 0 spiro atoms. The quantitative estimate of drug-likeness (QED) is 0.453. The first-order valence-corrected chi connectivity index (χ1v) is 6.92. The summed E-state index contributed by atoms with van der Waals surface area (Å²) in [4.78, 5) is 20.6. The van der Waals surface area contributed by atoms with Gasteiger partial charge in [0, 0.05) is 37.0 Å². The number of nitrogens with one attached hydrogen (secondary N) is 2. The van der Waals surface area contributed by atoms with Crippen LogP contribution in [0.15, 0.2) is 42.5 Å². The van der Waals surface area contributed by atoms with Gasteiger partial charge in [-0.15, -0.1) is 0 Å². The Balaban J connectivity index is 1.91. The molecule has 0 amide bonds. The van der Waals surface area contributed by atoms with Crippen molar-refractivity contribution in [3.8, 4) is 6.07 Å². The van der Waals surface area contributed by atoms with Crippen molar-refractivity contribution in [2.45, 2.75) is 0 Å². The predicted octanol–water partition coefficient (Wildman–Crippen LogP) is 2.90. The fourth-order valence-corrected chi connectivity index (χ4v) is 2.01. The minimum Gasteiger partial charge on any atom is -0.383 e. The topological polar surface area (TPSA) is 134 Å². The van der Waals surface area contributed by atoms with Gasteiger partial charge in [0.15, 0.2) is 0 Å². The maximum absolute atomic E-state index is 11.0. The van der Waals surface area contributed by atoms with E-state index < -0.39 is 9.85 Å². The van der Waals surface area contributed by atoms with Crippen LogP contribution in [0.1, 0.15) is 5.56 Å². The summed E-state index contributed by atoms with van der Waals surface area (Å²) in [7, 11) is 0. The lowest BCUT2D eigenvalue weighted by Gasteiger charge is -2.09. The third kappa shape index (κ3) is 4.17. The van der Waals surface area contributed by atoms with Crippen LogP contribution in [0.4, 0.5) is 22.7 Å². The smallest absolute Gasteiger partial charge is 0.293 e. The highest BCUT2D eigenvalue weighted by molar-refractivity contribution is 5.64. The van der Waals surface area contributed by atoms with Crippen molar-refractivity contribution < 1.29 is 9.85 Å². The molecule has 0 radical (unpaired) electrons. The van der Waals surface area contributed by atoms with E-state index in [1.54, 1.807) is 12.1 Å². The third-order valence-electron chi connectivity index (χ3n) is 3.17. The van der Waals surface area contributed by atoms with Gasteiger partial charge in [0.1, 0.15) is 5.69 Å². The molecule has 9 nitrogen and oxygen atoms in total. The van der Waals surface area contributed by atoms with Crippen LogP contribution >= 0.6 is 0 Å². The van der Waals surface area contributed by atoms with Gasteiger partial charge in [-0.05, 0) is 24.3 Å². The summed E-state index contributed by atoms with van der Waals surface area (Å²) >= 11 is 0. The highest BCUT2D eigenvalue weighted by Crippen LogP contribution is 2.25. The first-order chi connectivity index (χ1) is 11.5. The van der Waals surface area contributed by atoms with Gasteiger partial charge in [0.25, 0.3) is 11.4 Å². The molecule has 0 unspecified atom stereocenters. The molecular formula is C15H13N5O4. The number of nitro benzene ring substituents is 2. The molecule has 0 aromatic heterocycles.